The van der Waals surface area contributed by atoms with Crippen molar-refractivity contribution >= 4 is 15.8 Å². The van der Waals surface area contributed by atoms with Gasteiger partial charge in [0.15, 0.2) is 0 Å². The number of nitrogens with zero attached hydrogens (tertiary/aromatic N) is 2. The van der Waals surface area contributed by atoms with Crippen molar-refractivity contribution in [2.45, 2.75) is 11.4 Å². The van der Waals surface area contributed by atoms with E-state index in [1.165, 1.54) is 12.1 Å². The Hall–Kier alpha value is -3.42. The molecule has 0 atom stereocenters. The Balaban J connectivity index is 1.70. The quantitative estimate of drug-likeness (QED) is 0.511. The fraction of sp³-hybridized carbons (Fsp3) is 0.0455. The van der Waals surface area contributed by atoms with Crippen LogP contribution in [-0.2, 0) is 16.6 Å². The van der Waals surface area contributed by atoms with E-state index in [9.17, 15) is 8.42 Å². The molecule has 0 spiro atoms. The SMILES string of the molecule is NS(=O)(=O)c1ccc(-n2nc(NCc3ccccc3)cc2-c2ccccc2)cc1. The summed E-state index contributed by atoms with van der Waals surface area (Å²) in [6.45, 7) is 0.649. The van der Waals surface area contributed by atoms with Crippen molar-refractivity contribution in [1.82, 2.24) is 9.78 Å². The number of primary sulfonamides is 1. The molecule has 146 valence electrons. The molecule has 1 aromatic heterocycles. The number of aromatic nitrogens is 2. The number of hydrogen-bond donors (Lipinski definition) is 2. The molecule has 0 amide bonds. The predicted octanol–water partition coefficient (Wildman–Crippen LogP) is 3.80. The average Bonchev–Trinajstić information content (AvgIpc) is 3.17. The van der Waals surface area contributed by atoms with Crippen LogP contribution in [0.4, 0.5) is 5.82 Å². The molecule has 4 aromatic rings. The lowest BCUT2D eigenvalue weighted by Gasteiger charge is -2.08. The molecule has 7 heteroatoms. The predicted molar refractivity (Wildman–Crippen MR) is 114 cm³/mol. The van der Waals surface area contributed by atoms with Crippen LogP contribution in [0, 0.1) is 0 Å². The molecule has 0 aliphatic carbocycles. The number of nitrogens with one attached hydrogen (secondary N) is 1. The van der Waals surface area contributed by atoms with E-state index >= 15 is 0 Å². The van der Waals surface area contributed by atoms with Gasteiger partial charge in [0.25, 0.3) is 0 Å². The molecule has 0 unspecified atom stereocenters. The molecule has 0 saturated heterocycles. The number of sulfonamides is 1. The van der Waals surface area contributed by atoms with E-state index < -0.39 is 10.0 Å². The van der Waals surface area contributed by atoms with Gasteiger partial charge in [-0.15, -0.1) is 5.10 Å². The summed E-state index contributed by atoms with van der Waals surface area (Å²) >= 11 is 0. The van der Waals surface area contributed by atoms with Crippen molar-refractivity contribution in [3.05, 3.63) is 96.6 Å². The van der Waals surface area contributed by atoms with Gasteiger partial charge in [0.2, 0.25) is 10.0 Å². The molecule has 0 bridgehead atoms. The lowest BCUT2D eigenvalue weighted by molar-refractivity contribution is 0.598. The van der Waals surface area contributed by atoms with Crippen LogP contribution in [0.15, 0.2) is 95.9 Å². The molecule has 0 aliphatic rings. The molecule has 3 aromatic carbocycles. The van der Waals surface area contributed by atoms with Crippen LogP contribution in [0.25, 0.3) is 16.9 Å². The molecule has 3 N–H and O–H groups in total. The highest BCUT2D eigenvalue weighted by Crippen LogP contribution is 2.26. The number of anilines is 1. The number of rotatable bonds is 6. The zero-order chi connectivity index (χ0) is 20.3. The van der Waals surface area contributed by atoms with Crippen molar-refractivity contribution in [1.29, 1.82) is 0 Å². The maximum Gasteiger partial charge on any atom is 0.238 e. The minimum Gasteiger partial charge on any atom is -0.364 e. The smallest absolute Gasteiger partial charge is 0.238 e. The van der Waals surface area contributed by atoms with Crippen LogP contribution in [0.2, 0.25) is 0 Å². The first-order valence-corrected chi connectivity index (χ1v) is 10.6. The van der Waals surface area contributed by atoms with Gasteiger partial charge in [-0.25, -0.2) is 18.2 Å². The minimum absolute atomic E-state index is 0.0668. The monoisotopic (exact) mass is 404 g/mol. The van der Waals surface area contributed by atoms with Crippen LogP contribution in [0.3, 0.4) is 0 Å². The molecule has 1 heterocycles. The Morgan fingerprint density at radius 3 is 2.10 bits per heavy atom. The highest BCUT2D eigenvalue weighted by atomic mass is 32.2. The zero-order valence-corrected chi connectivity index (χ0v) is 16.4. The van der Waals surface area contributed by atoms with E-state index in [0.717, 1.165) is 28.3 Å². The average molecular weight is 404 g/mol. The van der Waals surface area contributed by atoms with Crippen LogP contribution >= 0.6 is 0 Å². The summed E-state index contributed by atoms with van der Waals surface area (Å²) in [7, 11) is -3.74. The molecule has 4 rings (SSSR count). The first-order chi connectivity index (χ1) is 14.0. The largest absolute Gasteiger partial charge is 0.364 e. The summed E-state index contributed by atoms with van der Waals surface area (Å²) in [6.07, 6.45) is 0. The topological polar surface area (TPSA) is 90.0 Å². The van der Waals surface area contributed by atoms with Crippen molar-refractivity contribution in [2.75, 3.05) is 5.32 Å². The van der Waals surface area contributed by atoms with E-state index in [1.807, 2.05) is 66.7 Å². The minimum atomic E-state index is -3.74. The first-order valence-electron chi connectivity index (χ1n) is 9.07. The van der Waals surface area contributed by atoms with Crippen LogP contribution in [0.5, 0.6) is 0 Å². The van der Waals surface area contributed by atoms with Gasteiger partial charge in [0, 0.05) is 18.2 Å². The maximum atomic E-state index is 11.5. The Morgan fingerprint density at radius 1 is 0.862 bits per heavy atom. The van der Waals surface area contributed by atoms with Gasteiger partial charge in [-0.2, -0.15) is 0 Å². The van der Waals surface area contributed by atoms with Gasteiger partial charge >= 0.3 is 0 Å². The third-order valence-corrected chi connectivity index (χ3v) is 5.43. The fourth-order valence-electron chi connectivity index (χ4n) is 3.04. The Morgan fingerprint density at radius 2 is 1.48 bits per heavy atom. The number of nitrogens with two attached hydrogens (primary N) is 1. The summed E-state index contributed by atoms with van der Waals surface area (Å²) in [4.78, 5) is 0.0668. The number of benzene rings is 3. The second-order valence-corrected chi connectivity index (χ2v) is 8.13. The summed E-state index contributed by atoms with van der Waals surface area (Å²) in [5, 5.41) is 13.2. The Labute approximate surface area is 169 Å². The van der Waals surface area contributed by atoms with Gasteiger partial charge in [0.05, 0.1) is 16.3 Å². The third kappa shape index (κ3) is 4.37. The lowest BCUT2D eigenvalue weighted by atomic mass is 10.1. The molecule has 0 aliphatic heterocycles. The van der Waals surface area contributed by atoms with Gasteiger partial charge < -0.3 is 5.32 Å². The normalized spacial score (nSPS) is 11.3. The van der Waals surface area contributed by atoms with Crippen molar-refractivity contribution in [2.24, 2.45) is 5.14 Å². The van der Waals surface area contributed by atoms with Crippen LogP contribution < -0.4 is 10.5 Å². The molecule has 6 nitrogen and oxygen atoms in total. The van der Waals surface area contributed by atoms with Crippen LogP contribution in [0.1, 0.15) is 5.56 Å². The Bertz CT molecular complexity index is 1200. The summed E-state index contributed by atoms with van der Waals surface area (Å²) in [5.74, 6) is 0.725. The molecule has 29 heavy (non-hydrogen) atoms. The zero-order valence-electron chi connectivity index (χ0n) is 15.6. The van der Waals surface area contributed by atoms with Crippen LogP contribution in [-0.4, -0.2) is 18.2 Å². The molecule has 0 saturated carbocycles. The molecular weight excluding hydrogens is 384 g/mol. The fourth-order valence-corrected chi connectivity index (χ4v) is 3.56. The van der Waals surface area contributed by atoms with E-state index in [0.29, 0.717) is 6.54 Å². The molecular formula is C22H20N4O2S. The van der Waals surface area contributed by atoms with E-state index in [4.69, 9.17) is 5.14 Å². The third-order valence-electron chi connectivity index (χ3n) is 4.51. The van der Waals surface area contributed by atoms with Gasteiger partial charge in [-0.05, 0) is 29.8 Å². The summed E-state index contributed by atoms with van der Waals surface area (Å²) < 4.78 is 24.9. The van der Waals surface area contributed by atoms with Crippen molar-refractivity contribution in [3.8, 4) is 16.9 Å². The van der Waals surface area contributed by atoms with Crippen molar-refractivity contribution < 1.29 is 8.42 Å². The Kier molecular flexibility index (Phi) is 5.16. The van der Waals surface area contributed by atoms with E-state index in [-0.39, 0.29) is 4.90 Å². The highest BCUT2D eigenvalue weighted by molar-refractivity contribution is 7.89. The summed E-state index contributed by atoms with van der Waals surface area (Å²) in [6, 6.07) is 28.3. The maximum absolute atomic E-state index is 11.5. The second-order valence-electron chi connectivity index (χ2n) is 6.57. The standard InChI is InChI=1S/C22H20N4O2S/c23-29(27,28)20-13-11-19(12-14-20)26-21(18-9-5-2-6-10-18)15-22(25-26)24-16-17-7-3-1-4-8-17/h1-15H,16H2,(H,24,25)(H2,23,27,28). The number of hydrogen-bond acceptors (Lipinski definition) is 4. The highest BCUT2D eigenvalue weighted by Gasteiger charge is 2.13. The second kappa shape index (κ2) is 7.90. The molecule has 0 radical (unpaired) electrons. The summed E-state index contributed by atoms with van der Waals surface area (Å²) in [5.41, 5.74) is 3.79. The lowest BCUT2D eigenvalue weighted by Crippen LogP contribution is -2.12. The van der Waals surface area contributed by atoms with Gasteiger partial charge in [0.1, 0.15) is 5.82 Å². The first kappa shape index (κ1) is 18.9. The molecule has 0 fully saturated rings. The van der Waals surface area contributed by atoms with E-state index in [1.54, 1.807) is 16.8 Å². The van der Waals surface area contributed by atoms with Gasteiger partial charge in [-0.1, -0.05) is 60.7 Å². The van der Waals surface area contributed by atoms with Crippen molar-refractivity contribution in [3.63, 3.8) is 0 Å². The van der Waals surface area contributed by atoms with E-state index in [2.05, 4.69) is 10.4 Å². The van der Waals surface area contributed by atoms with Gasteiger partial charge in [-0.3, -0.25) is 0 Å².